The summed E-state index contributed by atoms with van der Waals surface area (Å²) in [7, 11) is 0. The van der Waals surface area contributed by atoms with E-state index in [-0.39, 0.29) is 6.10 Å². The van der Waals surface area contributed by atoms with Crippen LogP contribution in [0.25, 0.3) is 0 Å². The highest BCUT2D eigenvalue weighted by Gasteiger charge is 2.27. The van der Waals surface area contributed by atoms with Gasteiger partial charge in [0, 0.05) is 23.2 Å². The molecule has 2 heterocycles. The zero-order chi connectivity index (χ0) is 14.7. The van der Waals surface area contributed by atoms with Crippen LogP contribution in [0.15, 0.2) is 41.8 Å². The number of rotatable bonds is 5. The lowest BCUT2D eigenvalue weighted by atomic mass is 10.1. The van der Waals surface area contributed by atoms with Gasteiger partial charge in [-0.1, -0.05) is 18.2 Å². The Morgan fingerprint density at radius 1 is 1.33 bits per heavy atom. The van der Waals surface area contributed by atoms with Crippen molar-refractivity contribution in [2.75, 3.05) is 12.3 Å². The quantitative estimate of drug-likeness (QED) is 0.832. The van der Waals surface area contributed by atoms with Crippen molar-refractivity contribution in [3.63, 3.8) is 0 Å². The third-order valence-corrected chi connectivity index (χ3v) is 5.18. The molecule has 0 amide bonds. The molecule has 21 heavy (non-hydrogen) atoms. The molecule has 0 radical (unpaired) electrons. The summed E-state index contributed by atoms with van der Waals surface area (Å²) in [6, 6.07) is 12.6. The molecule has 0 saturated carbocycles. The average molecular weight is 302 g/mol. The normalized spacial score (nSPS) is 20.7. The molecule has 4 heteroatoms. The van der Waals surface area contributed by atoms with Gasteiger partial charge in [-0.05, 0) is 54.9 Å². The second-order valence-electron chi connectivity index (χ2n) is 5.78. The minimum Gasteiger partial charge on any atom is -0.399 e. The van der Waals surface area contributed by atoms with E-state index in [9.17, 15) is 5.11 Å². The maximum absolute atomic E-state index is 10.4. The number of thiophene rings is 1. The third-order valence-electron chi connectivity index (χ3n) is 4.20. The molecule has 1 aliphatic heterocycles. The Morgan fingerprint density at radius 3 is 3.00 bits per heavy atom. The van der Waals surface area contributed by atoms with Crippen LogP contribution in [-0.4, -0.2) is 22.6 Å². The number of hydrogen-bond acceptors (Lipinski definition) is 4. The zero-order valence-electron chi connectivity index (χ0n) is 12.1. The monoisotopic (exact) mass is 302 g/mol. The number of nitrogen functional groups attached to an aromatic ring is 1. The molecular weight excluding hydrogens is 280 g/mol. The smallest absolute Gasteiger partial charge is 0.0896 e. The number of aliphatic hydroxyl groups excluding tert-OH is 1. The number of aliphatic hydroxyl groups is 1. The predicted molar refractivity (Wildman–Crippen MR) is 88.2 cm³/mol. The van der Waals surface area contributed by atoms with E-state index in [4.69, 9.17) is 5.73 Å². The second kappa shape index (κ2) is 6.60. The Labute approximate surface area is 130 Å². The first-order valence-electron chi connectivity index (χ1n) is 7.52. The maximum atomic E-state index is 10.4. The van der Waals surface area contributed by atoms with Crippen molar-refractivity contribution in [2.24, 2.45) is 0 Å². The van der Waals surface area contributed by atoms with E-state index in [0.29, 0.717) is 6.04 Å². The first kappa shape index (κ1) is 14.6. The van der Waals surface area contributed by atoms with Crippen LogP contribution >= 0.6 is 11.3 Å². The fourth-order valence-corrected chi connectivity index (χ4v) is 3.88. The van der Waals surface area contributed by atoms with Gasteiger partial charge in [0.2, 0.25) is 0 Å². The summed E-state index contributed by atoms with van der Waals surface area (Å²) < 4.78 is 0. The van der Waals surface area contributed by atoms with Crippen LogP contribution in [0.1, 0.15) is 35.8 Å². The highest BCUT2D eigenvalue weighted by Crippen LogP contribution is 2.30. The Morgan fingerprint density at radius 2 is 2.24 bits per heavy atom. The lowest BCUT2D eigenvalue weighted by Crippen LogP contribution is -2.30. The minimum absolute atomic E-state index is 0.337. The van der Waals surface area contributed by atoms with Gasteiger partial charge in [0.15, 0.2) is 0 Å². The van der Waals surface area contributed by atoms with Gasteiger partial charge in [-0.2, -0.15) is 0 Å². The van der Waals surface area contributed by atoms with E-state index in [2.05, 4.69) is 11.0 Å². The van der Waals surface area contributed by atoms with E-state index in [0.717, 1.165) is 30.1 Å². The average Bonchev–Trinajstić information content (AvgIpc) is 3.11. The van der Waals surface area contributed by atoms with Gasteiger partial charge in [0.05, 0.1) is 6.10 Å². The van der Waals surface area contributed by atoms with Gasteiger partial charge in [0.1, 0.15) is 0 Å². The van der Waals surface area contributed by atoms with Crippen LogP contribution in [0.5, 0.6) is 0 Å². The molecule has 112 valence electrons. The Balaban J connectivity index is 1.63. The molecule has 1 aromatic carbocycles. The van der Waals surface area contributed by atoms with Gasteiger partial charge >= 0.3 is 0 Å². The van der Waals surface area contributed by atoms with Gasteiger partial charge in [0.25, 0.3) is 0 Å². The molecule has 2 unspecified atom stereocenters. The second-order valence-corrected chi connectivity index (χ2v) is 6.76. The Bertz CT molecular complexity index is 570. The van der Waals surface area contributed by atoms with Crippen molar-refractivity contribution in [3.05, 3.63) is 52.2 Å². The van der Waals surface area contributed by atoms with Crippen LogP contribution in [0.4, 0.5) is 5.69 Å². The standard InChI is InChI=1S/C17H22N2OS/c18-14-5-1-4-13(10-14)12-19-8-2-6-15(19)11-16(20)17-7-3-9-21-17/h1,3-5,7,9-10,15-16,20H,2,6,8,11-12,18H2. The largest absolute Gasteiger partial charge is 0.399 e. The summed E-state index contributed by atoms with van der Waals surface area (Å²) in [4.78, 5) is 3.55. The molecule has 1 fully saturated rings. The summed E-state index contributed by atoms with van der Waals surface area (Å²) in [6.07, 6.45) is 2.87. The van der Waals surface area contributed by atoms with Crippen LogP contribution in [0.3, 0.4) is 0 Å². The summed E-state index contributed by atoms with van der Waals surface area (Å²) in [6.45, 7) is 2.03. The van der Waals surface area contributed by atoms with E-state index < -0.39 is 0 Å². The van der Waals surface area contributed by atoms with Gasteiger partial charge in [-0.25, -0.2) is 0 Å². The number of nitrogens with zero attached hydrogens (tertiary/aromatic N) is 1. The van der Waals surface area contributed by atoms with E-state index in [1.807, 2.05) is 35.7 Å². The lowest BCUT2D eigenvalue weighted by Gasteiger charge is -2.26. The van der Waals surface area contributed by atoms with Crippen molar-refractivity contribution in [1.29, 1.82) is 0 Å². The van der Waals surface area contributed by atoms with Crippen molar-refractivity contribution in [2.45, 2.75) is 38.0 Å². The fraction of sp³-hybridized carbons (Fsp3) is 0.412. The molecule has 0 spiro atoms. The fourth-order valence-electron chi connectivity index (χ4n) is 3.15. The van der Waals surface area contributed by atoms with Gasteiger partial charge in [-0.15, -0.1) is 11.3 Å². The lowest BCUT2D eigenvalue weighted by molar-refractivity contribution is 0.120. The number of anilines is 1. The maximum Gasteiger partial charge on any atom is 0.0896 e. The topological polar surface area (TPSA) is 49.5 Å². The molecule has 3 rings (SSSR count). The van der Waals surface area contributed by atoms with Crippen molar-refractivity contribution in [3.8, 4) is 0 Å². The molecule has 1 saturated heterocycles. The highest BCUT2D eigenvalue weighted by molar-refractivity contribution is 7.10. The van der Waals surface area contributed by atoms with E-state index >= 15 is 0 Å². The van der Waals surface area contributed by atoms with Crippen molar-refractivity contribution < 1.29 is 5.11 Å². The number of likely N-dealkylation sites (tertiary alicyclic amines) is 1. The van der Waals surface area contributed by atoms with Crippen LogP contribution < -0.4 is 5.73 Å². The summed E-state index contributed by atoms with van der Waals surface area (Å²) >= 11 is 1.64. The summed E-state index contributed by atoms with van der Waals surface area (Å²) in [5.41, 5.74) is 7.93. The molecule has 2 aromatic rings. The molecular formula is C17H22N2OS. The number of nitrogens with two attached hydrogens (primary N) is 1. The van der Waals surface area contributed by atoms with Crippen molar-refractivity contribution >= 4 is 17.0 Å². The zero-order valence-corrected chi connectivity index (χ0v) is 12.9. The molecule has 3 nitrogen and oxygen atoms in total. The SMILES string of the molecule is Nc1cccc(CN2CCCC2CC(O)c2cccs2)c1. The van der Waals surface area contributed by atoms with E-state index in [1.54, 1.807) is 11.3 Å². The molecule has 2 atom stereocenters. The molecule has 3 N–H and O–H groups in total. The molecule has 0 aliphatic carbocycles. The Kier molecular flexibility index (Phi) is 4.58. The Hall–Kier alpha value is -1.36. The van der Waals surface area contributed by atoms with Gasteiger partial charge in [-0.3, -0.25) is 4.90 Å². The number of hydrogen-bond donors (Lipinski definition) is 2. The minimum atomic E-state index is -0.337. The van der Waals surface area contributed by atoms with Crippen molar-refractivity contribution in [1.82, 2.24) is 4.90 Å². The van der Waals surface area contributed by atoms with Crippen LogP contribution in [0.2, 0.25) is 0 Å². The molecule has 0 bridgehead atoms. The summed E-state index contributed by atoms with van der Waals surface area (Å²) in [5.74, 6) is 0. The van der Waals surface area contributed by atoms with E-state index in [1.165, 1.54) is 18.4 Å². The first-order valence-corrected chi connectivity index (χ1v) is 8.40. The number of benzene rings is 1. The van der Waals surface area contributed by atoms with Gasteiger partial charge < -0.3 is 10.8 Å². The molecule has 1 aromatic heterocycles. The summed E-state index contributed by atoms with van der Waals surface area (Å²) in [5, 5.41) is 12.4. The third kappa shape index (κ3) is 3.64. The first-order chi connectivity index (χ1) is 10.2. The van der Waals surface area contributed by atoms with Crippen LogP contribution in [-0.2, 0) is 6.54 Å². The van der Waals surface area contributed by atoms with Crippen LogP contribution in [0, 0.1) is 0 Å². The predicted octanol–water partition coefficient (Wildman–Crippen LogP) is 3.42. The molecule has 1 aliphatic rings. The highest BCUT2D eigenvalue weighted by atomic mass is 32.1.